The van der Waals surface area contributed by atoms with E-state index in [9.17, 15) is 14.4 Å². The molecule has 2 N–H and O–H groups in total. The van der Waals surface area contributed by atoms with Crippen LogP contribution in [-0.2, 0) is 23.2 Å². The van der Waals surface area contributed by atoms with E-state index in [0.29, 0.717) is 28.6 Å². The van der Waals surface area contributed by atoms with E-state index in [1.165, 1.54) is 34.3 Å². The molecule has 2 amide bonds. The van der Waals surface area contributed by atoms with Gasteiger partial charge in [0.15, 0.2) is 0 Å². The molecule has 5 heterocycles. The van der Waals surface area contributed by atoms with E-state index in [0.717, 1.165) is 63.5 Å². The number of halogens is 1. The summed E-state index contributed by atoms with van der Waals surface area (Å²) < 4.78 is 1.86. The van der Waals surface area contributed by atoms with Crippen molar-refractivity contribution in [3.8, 4) is 0 Å². The Morgan fingerprint density at radius 1 is 1.00 bits per heavy atom. The molecule has 4 saturated heterocycles. The van der Waals surface area contributed by atoms with Crippen LogP contribution in [0.5, 0.6) is 0 Å². The van der Waals surface area contributed by atoms with Gasteiger partial charge in [-0.3, -0.25) is 24.6 Å². The predicted molar refractivity (Wildman–Crippen MR) is 187 cm³/mol. The number of carbonyl (C=O) groups excluding carboxylic acids is 2. The molecule has 0 radical (unpaired) electrons. The van der Waals surface area contributed by atoms with Crippen LogP contribution in [0.1, 0.15) is 60.6 Å². The molecular formula is C36H44BrN7O3. The quantitative estimate of drug-likeness (QED) is 0.356. The summed E-state index contributed by atoms with van der Waals surface area (Å²) in [7, 11) is 3.82. The molecule has 47 heavy (non-hydrogen) atoms. The van der Waals surface area contributed by atoms with Crippen LogP contribution in [-0.4, -0.2) is 83.8 Å². The molecule has 3 unspecified atom stereocenters. The van der Waals surface area contributed by atoms with Crippen molar-refractivity contribution in [3.63, 3.8) is 0 Å². The van der Waals surface area contributed by atoms with E-state index >= 15 is 0 Å². The van der Waals surface area contributed by atoms with E-state index in [-0.39, 0.29) is 29.3 Å². The lowest BCUT2D eigenvalue weighted by Gasteiger charge is -2.55. The Morgan fingerprint density at radius 2 is 1.77 bits per heavy atom. The first kappa shape index (κ1) is 32.0. The normalized spacial score (nSPS) is 25.0. The predicted octanol–water partition coefficient (Wildman–Crippen LogP) is 4.07. The fourth-order valence-corrected chi connectivity index (χ4v) is 8.52. The van der Waals surface area contributed by atoms with Crippen molar-refractivity contribution in [2.24, 2.45) is 12.5 Å². The first-order valence-electron chi connectivity index (χ1n) is 16.8. The van der Waals surface area contributed by atoms with Crippen LogP contribution in [0.2, 0.25) is 0 Å². The van der Waals surface area contributed by atoms with Crippen LogP contribution in [0.25, 0.3) is 0 Å². The molecule has 3 atom stereocenters. The summed E-state index contributed by atoms with van der Waals surface area (Å²) in [6, 6.07) is 17.8. The van der Waals surface area contributed by atoms with Crippen molar-refractivity contribution in [3.05, 3.63) is 86.2 Å². The minimum Gasteiger partial charge on any atom is -0.379 e. The van der Waals surface area contributed by atoms with Gasteiger partial charge in [-0.25, -0.2) is 4.68 Å². The minimum atomic E-state index is -0.240. The molecule has 0 aliphatic carbocycles. The summed E-state index contributed by atoms with van der Waals surface area (Å²) in [4.78, 5) is 43.7. The zero-order valence-electron chi connectivity index (χ0n) is 27.3. The van der Waals surface area contributed by atoms with Gasteiger partial charge in [-0.2, -0.15) is 5.10 Å². The highest BCUT2D eigenvalue weighted by Crippen LogP contribution is 2.43. The van der Waals surface area contributed by atoms with Crippen LogP contribution in [0.4, 0.5) is 11.4 Å². The Labute approximate surface area is 284 Å². The van der Waals surface area contributed by atoms with Crippen molar-refractivity contribution < 1.29 is 9.59 Å². The summed E-state index contributed by atoms with van der Waals surface area (Å²) in [6.07, 6.45) is 6.12. The molecule has 4 aliphatic heterocycles. The second-order valence-corrected chi connectivity index (χ2v) is 15.1. The van der Waals surface area contributed by atoms with Crippen molar-refractivity contribution in [2.45, 2.75) is 56.5 Å². The number of hydrogen-bond donors (Lipinski definition) is 2. The summed E-state index contributed by atoms with van der Waals surface area (Å²) in [5, 5.41) is 10.2. The molecule has 1 aromatic heterocycles. The van der Waals surface area contributed by atoms with E-state index in [2.05, 4.69) is 89.8 Å². The number of nitrogens with one attached hydrogen (secondary N) is 2. The van der Waals surface area contributed by atoms with E-state index < -0.39 is 0 Å². The Balaban J connectivity index is 0.898. The Bertz CT molecular complexity index is 1690. The highest BCUT2D eigenvalue weighted by Gasteiger charge is 2.45. The van der Waals surface area contributed by atoms with Gasteiger partial charge in [0.1, 0.15) is 4.47 Å². The van der Waals surface area contributed by atoms with Gasteiger partial charge in [0, 0.05) is 63.3 Å². The van der Waals surface area contributed by atoms with Crippen molar-refractivity contribution in [1.82, 2.24) is 24.9 Å². The minimum absolute atomic E-state index is 0.140. The molecule has 4 fully saturated rings. The van der Waals surface area contributed by atoms with Gasteiger partial charge in [0.25, 0.3) is 5.56 Å². The third-order valence-electron chi connectivity index (χ3n) is 10.8. The standard InChI is InChI=1S/C36H44BrN7O3/c1-41-20-27(16-28(21-41)39-31-18-38-42(2)35(47)33(31)37)25-8-6-24(7-9-25)19-43-14-12-36(13-15-43)22-44(23-36)29-5-3-4-26(17-29)30-10-11-32(45)40-34(30)46/h3-9,17-18,27-28,30,39H,10-16,19-23H2,1-2H3,(H,40,45,46). The number of likely N-dealkylation sites (N-methyl/N-ethyl adjacent to an activating group) is 1. The van der Waals surface area contributed by atoms with Crippen LogP contribution in [0.15, 0.2) is 64.0 Å². The third kappa shape index (κ3) is 6.89. The van der Waals surface area contributed by atoms with E-state index in [4.69, 9.17) is 0 Å². The zero-order valence-corrected chi connectivity index (χ0v) is 28.8. The third-order valence-corrected chi connectivity index (χ3v) is 11.5. The maximum Gasteiger partial charge on any atom is 0.282 e. The van der Waals surface area contributed by atoms with Crippen molar-refractivity contribution in [2.75, 3.05) is 56.5 Å². The van der Waals surface area contributed by atoms with Gasteiger partial charge in [0.2, 0.25) is 11.8 Å². The smallest absolute Gasteiger partial charge is 0.282 e. The fraction of sp³-hybridized carbons (Fsp3) is 0.500. The molecular weight excluding hydrogens is 658 g/mol. The Hall–Kier alpha value is -3.54. The number of carbonyl (C=O) groups is 2. The summed E-state index contributed by atoms with van der Waals surface area (Å²) in [6.45, 7) is 7.26. The van der Waals surface area contributed by atoms with Gasteiger partial charge in [-0.15, -0.1) is 0 Å². The molecule has 1 spiro atoms. The van der Waals surface area contributed by atoms with Crippen LogP contribution in [0, 0.1) is 5.41 Å². The molecule has 4 aliphatic rings. The van der Waals surface area contributed by atoms with Crippen molar-refractivity contribution >= 4 is 39.1 Å². The summed E-state index contributed by atoms with van der Waals surface area (Å²) in [5.41, 5.74) is 5.90. The summed E-state index contributed by atoms with van der Waals surface area (Å²) >= 11 is 3.45. The van der Waals surface area contributed by atoms with Gasteiger partial charge in [-0.05, 0) is 96.5 Å². The van der Waals surface area contributed by atoms with Gasteiger partial charge in [-0.1, -0.05) is 36.4 Å². The first-order valence-corrected chi connectivity index (χ1v) is 17.6. The van der Waals surface area contributed by atoms with E-state index in [1.54, 1.807) is 13.2 Å². The SMILES string of the molecule is CN1CC(Nc2cnn(C)c(=O)c2Br)CC(c2ccc(CN3CCC4(CC3)CN(c3cccc(C5CCC(=O)NC5=O)c3)C4)cc2)C1. The molecule has 3 aromatic rings. The number of rotatable bonds is 7. The van der Waals surface area contributed by atoms with Crippen LogP contribution < -0.4 is 21.1 Å². The number of aromatic nitrogens is 2. The molecule has 11 heteroatoms. The van der Waals surface area contributed by atoms with Gasteiger partial charge >= 0.3 is 0 Å². The molecule has 248 valence electrons. The average molecular weight is 703 g/mol. The largest absolute Gasteiger partial charge is 0.379 e. The number of aryl methyl sites for hydroxylation is 1. The number of amides is 2. The lowest BCUT2D eigenvalue weighted by Crippen LogP contribution is -2.60. The second-order valence-electron chi connectivity index (χ2n) is 14.3. The highest BCUT2D eigenvalue weighted by atomic mass is 79.9. The first-order chi connectivity index (χ1) is 22.6. The second kappa shape index (κ2) is 13.2. The number of imide groups is 1. The highest BCUT2D eigenvalue weighted by molar-refractivity contribution is 9.10. The number of likely N-dealkylation sites (tertiary alicyclic amines) is 2. The maximum atomic E-state index is 12.4. The maximum absolute atomic E-state index is 12.4. The molecule has 7 rings (SSSR count). The zero-order chi connectivity index (χ0) is 32.7. The molecule has 0 bridgehead atoms. The molecule has 10 nitrogen and oxygen atoms in total. The van der Waals surface area contributed by atoms with Crippen molar-refractivity contribution in [1.29, 1.82) is 0 Å². The topological polar surface area (TPSA) is 103 Å². The number of anilines is 2. The summed E-state index contributed by atoms with van der Waals surface area (Å²) in [5.74, 6) is -0.165. The Kier molecular flexibility index (Phi) is 8.97. The average Bonchev–Trinajstić information content (AvgIpc) is 3.04. The number of benzene rings is 2. The van der Waals surface area contributed by atoms with Crippen LogP contribution >= 0.6 is 15.9 Å². The van der Waals surface area contributed by atoms with Gasteiger partial charge < -0.3 is 15.1 Å². The van der Waals surface area contributed by atoms with Gasteiger partial charge in [0.05, 0.1) is 17.8 Å². The lowest BCUT2D eigenvalue weighted by atomic mass is 9.71. The lowest BCUT2D eigenvalue weighted by molar-refractivity contribution is -0.134. The Morgan fingerprint density at radius 3 is 2.51 bits per heavy atom. The number of nitrogens with zero attached hydrogens (tertiary/aromatic N) is 5. The monoisotopic (exact) mass is 701 g/mol. The number of hydrogen-bond acceptors (Lipinski definition) is 8. The van der Waals surface area contributed by atoms with Crippen LogP contribution in [0.3, 0.4) is 0 Å². The fourth-order valence-electron chi connectivity index (χ4n) is 8.05. The van der Waals surface area contributed by atoms with E-state index in [1.807, 2.05) is 12.1 Å². The number of piperidine rings is 3. The molecule has 0 saturated carbocycles. The molecule has 2 aromatic carbocycles.